The molecule has 3 rings (SSSR count). The van der Waals surface area contributed by atoms with E-state index in [9.17, 15) is 13.2 Å². The van der Waals surface area contributed by atoms with Gasteiger partial charge in [0.2, 0.25) is 5.91 Å². The van der Waals surface area contributed by atoms with Crippen molar-refractivity contribution in [3.63, 3.8) is 0 Å². The maximum absolute atomic E-state index is 12.0. The van der Waals surface area contributed by atoms with Crippen LogP contribution in [0.5, 0.6) is 0 Å². The molecule has 2 heterocycles. The fraction of sp³-hybridized carbons (Fsp3) is 0.375. The Bertz CT molecular complexity index is 810. The van der Waals surface area contributed by atoms with Crippen LogP contribution >= 0.6 is 11.3 Å². The largest absolute Gasteiger partial charge is 0.352 e. The lowest BCUT2D eigenvalue weighted by atomic mass is 10.1. The second-order valence-electron chi connectivity index (χ2n) is 5.79. The van der Waals surface area contributed by atoms with Crippen LogP contribution in [0.4, 0.5) is 0 Å². The topological polar surface area (TPSA) is 76.1 Å². The fourth-order valence-corrected chi connectivity index (χ4v) is 4.96. The summed E-state index contributed by atoms with van der Waals surface area (Å²) >= 11 is 1.61. The molecule has 1 aliphatic heterocycles. The van der Waals surface area contributed by atoms with Crippen LogP contribution in [0.3, 0.4) is 0 Å². The number of hydrogen-bond donors (Lipinski definition) is 1. The molecule has 1 aliphatic rings. The Kier molecular flexibility index (Phi) is 4.50. The third kappa shape index (κ3) is 4.17. The van der Waals surface area contributed by atoms with Crippen molar-refractivity contribution in [1.29, 1.82) is 0 Å². The Labute approximate surface area is 139 Å². The maximum Gasteiger partial charge on any atom is 0.224 e. The molecule has 1 aromatic heterocycles. The first-order valence-electron chi connectivity index (χ1n) is 7.42. The van der Waals surface area contributed by atoms with E-state index >= 15 is 0 Å². The zero-order valence-corrected chi connectivity index (χ0v) is 14.4. The third-order valence-corrected chi connectivity index (χ3v) is 6.37. The number of rotatable bonds is 4. The van der Waals surface area contributed by atoms with Gasteiger partial charge in [-0.15, -0.1) is 11.3 Å². The van der Waals surface area contributed by atoms with E-state index < -0.39 is 9.84 Å². The first-order chi connectivity index (χ1) is 10.9. The van der Waals surface area contributed by atoms with Gasteiger partial charge in [-0.05, 0) is 18.9 Å². The minimum absolute atomic E-state index is 0.0564. The van der Waals surface area contributed by atoms with Gasteiger partial charge in [-0.3, -0.25) is 4.79 Å². The highest BCUT2D eigenvalue weighted by Gasteiger charge is 2.28. The van der Waals surface area contributed by atoms with Crippen molar-refractivity contribution in [3.8, 4) is 11.3 Å². The van der Waals surface area contributed by atoms with Crippen LogP contribution in [-0.4, -0.2) is 36.9 Å². The Morgan fingerprint density at radius 3 is 2.65 bits per heavy atom. The first kappa shape index (κ1) is 16.1. The molecule has 1 N–H and O–H groups in total. The zero-order valence-electron chi connectivity index (χ0n) is 12.8. The molecule has 0 aliphatic carbocycles. The van der Waals surface area contributed by atoms with E-state index in [1.165, 1.54) is 0 Å². The van der Waals surface area contributed by atoms with Crippen LogP contribution in [0.25, 0.3) is 11.3 Å². The van der Waals surface area contributed by atoms with E-state index in [0.717, 1.165) is 21.8 Å². The average Bonchev–Trinajstić information content (AvgIpc) is 3.05. The number of benzene rings is 1. The molecular formula is C16H18N2O3S2. The Balaban J connectivity index is 1.59. The molecule has 122 valence electrons. The van der Waals surface area contributed by atoms with E-state index in [0.29, 0.717) is 6.42 Å². The second-order valence-corrected chi connectivity index (χ2v) is 9.08. The smallest absolute Gasteiger partial charge is 0.224 e. The average molecular weight is 350 g/mol. The molecule has 1 fully saturated rings. The SMILES string of the molecule is Cc1nc(-c2ccc(CC(=O)NC3CCS(=O)(=O)C3)cc2)cs1. The van der Waals surface area contributed by atoms with Crippen molar-refractivity contribution >= 4 is 27.1 Å². The lowest BCUT2D eigenvalue weighted by Crippen LogP contribution is -2.36. The highest BCUT2D eigenvalue weighted by molar-refractivity contribution is 7.91. The van der Waals surface area contributed by atoms with Crippen molar-refractivity contribution < 1.29 is 13.2 Å². The monoisotopic (exact) mass is 350 g/mol. The molecule has 1 atom stereocenters. The second kappa shape index (κ2) is 6.41. The number of nitrogens with one attached hydrogen (secondary N) is 1. The number of carbonyl (C=O) groups excluding carboxylic acids is 1. The van der Waals surface area contributed by atoms with Crippen LogP contribution in [0.2, 0.25) is 0 Å². The number of aromatic nitrogens is 1. The summed E-state index contributed by atoms with van der Waals surface area (Å²) in [6, 6.07) is 7.49. The van der Waals surface area contributed by atoms with Gasteiger partial charge < -0.3 is 5.32 Å². The lowest BCUT2D eigenvalue weighted by Gasteiger charge is -2.10. The number of aryl methyl sites for hydroxylation is 1. The maximum atomic E-state index is 12.0. The summed E-state index contributed by atoms with van der Waals surface area (Å²) in [4.78, 5) is 16.5. The Hall–Kier alpha value is -1.73. The third-order valence-electron chi connectivity index (χ3n) is 3.83. The van der Waals surface area contributed by atoms with Crippen LogP contribution in [-0.2, 0) is 21.1 Å². The predicted octanol–water partition coefficient (Wildman–Crippen LogP) is 1.96. The first-order valence-corrected chi connectivity index (χ1v) is 10.1. The van der Waals surface area contributed by atoms with Gasteiger partial charge in [0.05, 0.1) is 28.6 Å². The van der Waals surface area contributed by atoms with Gasteiger partial charge in [-0.1, -0.05) is 24.3 Å². The number of carbonyl (C=O) groups is 1. The summed E-state index contributed by atoms with van der Waals surface area (Å²) in [5.41, 5.74) is 2.87. The molecule has 0 radical (unpaired) electrons. The highest BCUT2D eigenvalue weighted by atomic mass is 32.2. The molecule has 1 unspecified atom stereocenters. The molecule has 0 saturated carbocycles. The van der Waals surface area contributed by atoms with Crippen molar-refractivity contribution in [2.75, 3.05) is 11.5 Å². The van der Waals surface area contributed by atoms with E-state index in [-0.39, 0.29) is 29.9 Å². The molecule has 2 aromatic rings. The molecule has 1 saturated heterocycles. The molecule has 7 heteroatoms. The fourth-order valence-electron chi connectivity index (χ4n) is 2.66. The highest BCUT2D eigenvalue weighted by Crippen LogP contribution is 2.22. The molecule has 5 nitrogen and oxygen atoms in total. The minimum Gasteiger partial charge on any atom is -0.352 e. The van der Waals surface area contributed by atoms with Gasteiger partial charge in [-0.2, -0.15) is 0 Å². The normalized spacial score (nSPS) is 19.6. The van der Waals surface area contributed by atoms with E-state index in [1.807, 2.05) is 36.6 Å². The van der Waals surface area contributed by atoms with Crippen LogP contribution in [0.1, 0.15) is 17.0 Å². The Morgan fingerprint density at radius 2 is 2.09 bits per heavy atom. The van der Waals surface area contributed by atoms with Gasteiger partial charge in [0.25, 0.3) is 0 Å². The van der Waals surface area contributed by atoms with Crippen LogP contribution in [0, 0.1) is 6.92 Å². The minimum atomic E-state index is -2.97. The number of sulfone groups is 1. The number of nitrogens with zero attached hydrogens (tertiary/aromatic N) is 1. The number of amides is 1. The van der Waals surface area contributed by atoms with Gasteiger partial charge in [0.15, 0.2) is 9.84 Å². The summed E-state index contributed by atoms with van der Waals surface area (Å²) in [5, 5.41) is 5.84. The summed E-state index contributed by atoms with van der Waals surface area (Å²) in [6.45, 7) is 1.97. The predicted molar refractivity (Wildman–Crippen MR) is 91.2 cm³/mol. The molecule has 1 aromatic carbocycles. The van der Waals surface area contributed by atoms with E-state index in [2.05, 4.69) is 10.3 Å². The van der Waals surface area contributed by atoms with E-state index in [1.54, 1.807) is 11.3 Å². The van der Waals surface area contributed by atoms with Crippen molar-refractivity contribution in [3.05, 3.63) is 40.2 Å². The number of hydrogen-bond acceptors (Lipinski definition) is 5. The summed E-state index contributed by atoms with van der Waals surface area (Å²) < 4.78 is 22.8. The number of thiazole rings is 1. The summed E-state index contributed by atoms with van der Waals surface area (Å²) in [7, 11) is -2.97. The Morgan fingerprint density at radius 1 is 1.35 bits per heavy atom. The van der Waals surface area contributed by atoms with Crippen molar-refractivity contribution in [2.45, 2.75) is 25.8 Å². The van der Waals surface area contributed by atoms with E-state index in [4.69, 9.17) is 0 Å². The van der Waals surface area contributed by atoms with Crippen molar-refractivity contribution in [2.24, 2.45) is 0 Å². The summed E-state index contributed by atoms with van der Waals surface area (Å²) in [5.74, 6) is 0.0879. The molecule has 1 amide bonds. The molecule has 0 spiro atoms. The van der Waals surface area contributed by atoms with Gasteiger partial charge in [0, 0.05) is 17.0 Å². The molecule has 0 bridgehead atoms. The summed E-state index contributed by atoms with van der Waals surface area (Å²) in [6.07, 6.45) is 0.767. The molecule has 23 heavy (non-hydrogen) atoms. The van der Waals surface area contributed by atoms with Gasteiger partial charge in [-0.25, -0.2) is 13.4 Å². The quantitative estimate of drug-likeness (QED) is 0.915. The zero-order chi connectivity index (χ0) is 16.4. The molecular weight excluding hydrogens is 332 g/mol. The standard InChI is InChI=1S/C16H18N2O3S2/c1-11-17-15(9-22-11)13-4-2-12(3-5-13)8-16(19)18-14-6-7-23(20,21)10-14/h2-5,9,14H,6-8,10H2,1H3,(H,18,19). The van der Waals surface area contributed by atoms with Crippen LogP contribution < -0.4 is 5.32 Å². The van der Waals surface area contributed by atoms with Crippen LogP contribution in [0.15, 0.2) is 29.6 Å². The van der Waals surface area contributed by atoms with Gasteiger partial charge in [0.1, 0.15) is 0 Å². The van der Waals surface area contributed by atoms with Crippen molar-refractivity contribution in [1.82, 2.24) is 10.3 Å². The lowest BCUT2D eigenvalue weighted by molar-refractivity contribution is -0.120. The van der Waals surface area contributed by atoms with Gasteiger partial charge >= 0.3 is 0 Å².